The van der Waals surface area contributed by atoms with Crippen LogP contribution in [-0.2, 0) is 9.53 Å². The lowest BCUT2D eigenvalue weighted by Gasteiger charge is -2.08. The van der Waals surface area contributed by atoms with Crippen molar-refractivity contribution in [3.63, 3.8) is 0 Å². The largest absolute Gasteiger partial charge is 0.486 e. The summed E-state index contributed by atoms with van der Waals surface area (Å²) in [6.45, 7) is 4.27. The highest BCUT2D eigenvalue weighted by atomic mass is 32.2. The highest BCUT2D eigenvalue weighted by Gasteiger charge is 2.15. The molecule has 0 aliphatic rings. The minimum absolute atomic E-state index is 0.0675. The number of hydrogen-bond acceptors (Lipinski definition) is 6. The van der Waals surface area contributed by atoms with Gasteiger partial charge in [-0.25, -0.2) is 9.78 Å². The smallest absolute Gasteiger partial charge is 0.338 e. The second kappa shape index (κ2) is 12.2. The molecule has 4 rings (SSSR count). The Hall–Kier alpha value is -3.84. The van der Waals surface area contributed by atoms with Gasteiger partial charge < -0.3 is 14.5 Å². The number of hydrogen-bond donors (Lipinski definition) is 1. The van der Waals surface area contributed by atoms with Crippen molar-refractivity contribution >= 4 is 23.5 Å². The van der Waals surface area contributed by atoms with Crippen LogP contribution in [-0.4, -0.2) is 40.7 Å². The zero-order valence-electron chi connectivity index (χ0n) is 20.3. The Morgan fingerprint density at radius 3 is 2.17 bits per heavy atom. The van der Waals surface area contributed by atoms with Crippen molar-refractivity contribution in [2.75, 3.05) is 19.0 Å². The predicted octanol–water partition coefficient (Wildman–Crippen LogP) is 6.30. The number of aromatic nitrogens is 2. The van der Waals surface area contributed by atoms with Crippen LogP contribution < -0.4 is 4.74 Å². The van der Waals surface area contributed by atoms with Crippen molar-refractivity contribution in [1.82, 2.24) is 9.97 Å². The van der Waals surface area contributed by atoms with Crippen molar-refractivity contribution in [1.29, 1.82) is 0 Å². The van der Waals surface area contributed by atoms with Gasteiger partial charge in [-0.3, -0.25) is 4.79 Å². The Labute approximate surface area is 215 Å². The number of Topliss-reactive ketones (excluding diaryl/α,β-unsaturated/α-hetero) is 1. The first-order valence-corrected chi connectivity index (χ1v) is 12.7. The number of ketones is 1. The van der Waals surface area contributed by atoms with E-state index < -0.39 is 0 Å². The maximum Gasteiger partial charge on any atom is 0.338 e. The molecule has 0 aliphatic carbocycles. The number of benzene rings is 3. The number of rotatable bonds is 11. The van der Waals surface area contributed by atoms with Gasteiger partial charge in [0.25, 0.3) is 0 Å². The summed E-state index contributed by atoms with van der Waals surface area (Å²) in [4.78, 5) is 32.7. The Morgan fingerprint density at radius 2 is 1.53 bits per heavy atom. The molecule has 0 aliphatic heterocycles. The van der Waals surface area contributed by atoms with E-state index in [-0.39, 0.29) is 30.0 Å². The first-order chi connectivity index (χ1) is 17.5. The third-order valence-electron chi connectivity index (χ3n) is 5.20. The fraction of sp³-hybridized carbons (Fsp3) is 0.207. The number of H-pyrrole nitrogens is 1. The number of carbonyl (C=O) groups excluding carboxylic acids is 2. The van der Waals surface area contributed by atoms with Gasteiger partial charge in [0, 0.05) is 11.1 Å². The summed E-state index contributed by atoms with van der Waals surface area (Å²) in [6.07, 6.45) is 0. The quantitative estimate of drug-likeness (QED) is 0.192. The normalized spacial score (nSPS) is 10.9. The first-order valence-electron chi connectivity index (χ1n) is 11.7. The molecule has 6 nitrogen and oxygen atoms in total. The molecule has 4 aromatic rings. The van der Waals surface area contributed by atoms with Crippen molar-refractivity contribution in [2.45, 2.75) is 19.0 Å². The van der Waals surface area contributed by atoms with Crippen LogP contribution in [0.5, 0.6) is 5.75 Å². The predicted molar refractivity (Wildman–Crippen MR) is 142 cm³/mol. The molecule has 0 amide bonds. The van der Waals surface area contributed by atoms with E-state index in [0.717, 1.165) is 22.5 Å². The molecular weight excluding hydrogens is 472 g/mol. The van der Waals surface area contributed by atoms with E-state index in [1.54, 1.807) is 24.3 Å². The van der Waals surface area contributed by atoms with Crippen LogP contribution in [0, 0.1) is 5.92 Å². The van der Waals surface area contributed by atoms with Crippen LogP contribution in [0.25, 0.3) is 22.5 Å². The van der Waals surface area contributed by atoms with E-state index >= 15 is 0 Å². The Kier molecular flexibility index (Phi) is 8.57. The molecule has 0 fully saturated rings. The molecule has 184 valence electrons. The second-order valence-electron chi connectivity index (χ2n) is 8.63. The van der Waals surface area contributed by atoms with E-state index in [1.807, 2.05) is 74.5 Å². The topological polar surface area (TPSA) is 81.3 Å². The van der Waals surface area contributed by atoms with Gasteiger partial charge in [0.05, 0.1) is 29.3 Å². The summed E-state index contributed by atoms with van der Waals surface area (Å²) < 4.78 is 10.8. The summed E-state index contributed by atoms with van der Waals surface area (Å²) in [5.41, 5.74) is 4.25. The average molecular weight is 501 g/mol. The lowest BCUT2D eigenvalue weighted by molar-refractivity contribution is -0.118. The maximum absolute atomic E-state index is 12.5. The minimum Gasteiger partial charge on any atom is -0.486 e. The zero-order valence-corrected chi connectivity index (χ0v) is 21.1. The molecule has 36 heavy (non-hydrogen) atoms. The van der Waals surface area contributed by atoms with E-state index in [1.165, 1.54) is 11.8 Å². The van der Waals surface area contributed by atoms with Crippen molar-refractivity contribution in [3.05, 3.63) is 90.5 Å². The molecule has 0 atom stereocenters. The van der Waals surface area contributed by atoms with Crippen LogP contribution in [0.2, 0.25) is 0 Å². The highest BCUT2D eigenvalue weighted by molar-refractivity contribution is 7.99. The molecule has 3 aromatic carbocycles. The SMILES string of the molecule is CC(C)COC(=O)c1ccc(OCC(=O)CSc2nc(-c3ccccc3)c(-c3ccccc3)[nH]2)cc1. The summed E-state index contributed by atoms with van der Waals surface area (Å²) in [6, 6.07) is 26.6. The molecule has 0 unspecified atom stereocenters. The molecule has 7 heteroatoms. The first kappa shape index (κ1) is 25.3. The number of thioether (sulfide) groups is 1. The maximum atomic E-state index is 12.5. The zero-order chi connectivity index (χ0) is 25.3. The van der Waals surface area contributed by atoms with Crippen LogP contribution in [0.4, 0.5) is 0 Å². The molecule has 0 spiro atoms. The van der Waals surface area contributed by atoms with E-state index in [4.69, 9.17) is 14.5 Å². The lowest BCUT2D eigenvalue weighted by Crippen LogP contribution is -2.14. The van der Waals surface area contributed by atoms with Gasteiger partial charge in [0.1, 0.15) is 12.4 Å². The summed E-state index contributed by atoms with van der Waals surface area (Å²) in [5.74, 6) is 0.571. The molecule has 0 saturated carbocycles. The van der Waals surface area contributed by atoms with Crippen LogP contribution >= 0.6 is 11.8 Å². The Balaban J connectivity index is 1.34. The van der Waals surface area contributed by atoms with E-state index in [2.05, 4.69) is 4.98 Å². The number of aromatic amines is 1. The molecule has 1 heterocycles. The molecule has 0 bridgehead atoms. The molecule has 0 saturated heterocycles. The Bertz CT molecular complexity index is 1230. The third-order valence-corrected chi connectivity index (χ3v) is 6.13. The van der Waals surface area contributed by atoms with Crippen molar-refractivity contribution in [3.8, 4) is 28.3 Å². The van der Waals surface area contributed by atoms with E-state index in [0.29, 0.717) is 23.1 Å². The second-order valence-corrected chi connectivity index (χ2v) is 9.59. The minimum atomic E-state index is -0.370. The van der Waals surface area contributed by atoms with Crippen LogP contribution in [0.3, 0.4) is 0 Å². The number of imidazole rings is 1. The summed E-state index contributed by atoms with van der Waals surface area (Å²) >= 11 is 1.34. The van der Waals surface area contributed by atoms with Crippen molar-refractivity contribution in [2.24, 2.45) is 5.92 Å². The fourth-order valence-electron chi connectivity index (χ4n) is 3.41. The number of ether oxygens (including phenoxy) is 2. The number of carbonyl (C=O) groups is 2. The third kappa shape index (κ3) is 6.86. The van der Waals surface area contributed by atoms with Gasteiger partial charge in [-0.2, -0.15) is 0 Å². The van der Waals surface area contributed by atoms with Gasteiger partial charge in [-0.1, -0.05) is 86.3 Å². The van der Waals surface area contributed by atoms with E-state index in [9.17, 15) is 9.59 Å². The standard InChI is InChI=1S/C29H28N2O4S/c1-20(2)17-35-28(33)23-13-15-25(16-14-23)34-18-24(32)19-36-29-30-26(21-9-5-3-6-10-21)27(31-29)22-11-7-4-8-12-22/h3-16,20H,17-19H2,1-2H3,(H,30,31). The highest BCUT2D eigenvalue weighted by Crippen LogP contribution is 2.32. The molecule has 1 N–H and O–H groups in total. The van der Waals surface area contributed by atoms with Gasteiger partial charge in [-0.15, -0.1) is 0 Å². The van der Waals surface area contributed by atoms with Crippen LogP contribution in [0.1, 0.15) is 24.2 Å². The van der Waals surface area contributed by atoms with Gasteiger partial charge in [0.15, 0.2) is 10.9 Å². The van der Waals surface area contributed by atoms with Gasteiger partial charge >= 0.3 is 5.97 Å². The average Bonchev–Trinajstić information content (AvgIpc) is 3.35. The fourth-order valence-corrected chi connectivity index (χ4v) is 4.12. The number of esters is 1. The van der Waals surface area contributed by atoms with Crippen molar-refractivity contribution < 1.29 is 19.1 Å². The molecular formula is C29H28N2O4S. The molecule has 0 radical (unpaired) electrons. The van der Waals surface area contributed by atoms with Crippen LogP contribution in [0.15, 0.2) is 90.1 Å². The number of nitrogens with zero attached hydrogens (tertiary/aromatic N) is 1. The molecule has 1 aromatic heterocycles. The summed E-state index contributed by atoms with van der Waals surface area (Å²) in [5, 5.41) is 0.672. The monoisotopic (exact) mass is 500 g/mol. The lowest BCUT2D eigenvalue weighted by atomic mass is 10.1. The summed E-state index contributed by atoms with van der Waals surface area (Å²) in [7, 11) is 0. The van der Waals surface area contributed by atoms with Gasteiger partial charge in [-0.05, 0) is 30.2 Å². The van der Waals surface area contributed by atoms with Gasteiger partial charge in [0.2, 0.25) is 0 Å². The number of nitrogens with one attached hydrogen (secondary N) is 1. The Morgan fingerprint density at radius 1 is 0.889 bits per heavy atom.